The zero-order valence-electron chi connectivity index (χ0n) is 11.0. The number of nitrogens with two attached hydrogens (primary N) is 1. The van der Waals surface area contributed by atoms with Crippen LogP contribution in [0.15, 0.2) is 29.2 Å². The van der Waals surface area contributed by atoms with E-state index in [0.29, 0.717) is 12.1 Å². The van der Waals surface area contributed by atoms with Gasteiger partial charge in [0.1, 0.15) is 6.54 Å². The summed E-state index contributed by atoms with van der Waals surface area (Å²) in [6, 6.07) is 5.86. The van der Waals surface area contributed by atoms with E-state index < -0.39 is 16.0 Å². The van der Waals surface area contributed by atoms with Gasteiger partial charge in [-0.05, 0) is 30.7 Å². The number of rotatable bonds is 6. The molecule has 0 heterocycles. The van der Waals surface area contributed by atoms with E-state index in [-0.39, 0.29) is 18.0 Å². The van der Waals surface area contributed by atoms with E-state index >= 15 is 0 Å². The Morgan fingerprint density at radius 3 is 2.37 bits per heavy atom. The second-order valence-electron chi connectivity index (χ2n) is 3.98. The van der Waals surface area contributed by atoms with E-state index in [1.807, 2.05) is 6.92 Å². The highest BCUT2D eigenvalue weighted by atomic mass is 32.2. The van der Waals surface area contributed by atoms with Crippen LogP contribution in [0.3, 0.4) is 0 Å². The van der Waals surface area contributed by atoms with E-state index in [0.717, 1.165) is 4.31 Å². The fraction of sp³-hybridized carbons (Fsp3) is 0.417. The van der Waals surface area contributed by atoms with Crippen LogP contribution in [0.5, 0.6) is 0 Å². The van der Waals surface area contributed by atoms with Crippen LogP contribution in [0.2, 0.25) is 0 Å². The van der Waals surface area contributed by atoms with Gasteiger partial charge in [0, 0.05) is 12.2 Å². The van der Waals surface area contributed by atoms with Gasteiger partial charge in [-0.25, -0.2) is 8.42 Å². The zero-order chi connectivity index (χ0) is 14.5. The first-order valence-corrected chi connectivity index (χ1v) is 7.28. The molecule has 0 atom stereocenters. The molecule has 1 aromatic carbocycles. The summed E-state index contributed by atoms with van der Waals surface area (Å²) in [5.41, 5.74) is 6.00. The number of nitrogen functional groups attached to an aromatic ring is 1. The molecule has 0 bridgehead atoms. The lowest BCUT2D eigenvalue weighted by molar-refractivity contribution is -0.140. The number of carbonyl (C=O) groups is 1. The number of benzene rings is 1. The molecule has 0 radical (unpaired) electrons. The quantitative estimate of drug-likeness (QED) is 0.618. The molecule has 0 fully saturated rings. The van der Waals surface area contributed by atoms with Gasteiger partial charge in [-0.3, -0.25) is 4.79 Å². The van der Waals surface area contributed by atoms with Gasteiger partial charge in [0.05, 0.1) is 12.0 Å². The van der Waals surface area contributed by atoms with Crippen molar-refractivity contribution in [3.8, 4) is 0 Å². The molecular formula is C12H18N2O4S. The molecule has 1 aromatic rings. The summed E-state index contributed by atoms with van der Waals surface area (Å²) >= 11 is 0. The molecule has 0 unspecified atom stereocenters. The number of sulfonamides is 1. The van der Waals surface area contributed by atoms with Crippen LogP contribution in [0.4, 0.5) is 5.69 Å². The third kappa shape index (κ3) is 3.93. The van der Waals surface area contributed by atoms with Gasteiger partial charge in [-0.2, -0.15) is 4.31 Å². The van der Waals surface area contributed by atoms with Crippen LogP contribution in [-0.2, 0) is 19.6 Å². The molecule has 0 saturated heterocycles. The van der Waals surface area contributed by atoms with Gasteiger partial charge < -0.3 is 10.5 Å². The lowest BCUT2D eigenvalue weighted by atomic mass is 10.3. The monoisotopic (exact) mass is 286 g/mol. The van der Waals surface area contributed by atoms with Crippen molar-refractivity contribution in [2.45, 2.75) is 18.2 Å². The smallest absolute Gasteiger partial charge is 0.321 e. The van der Waals surface area contributed by atoms with Crippen molar-refractivity contribution >= 4 is 21.7 Å². The number of nitrogens with zero attached hydrogens (tertiary/aromatic N) is 1. The predicted octanol–water partition coefficient (Wildman–Crippen LogP) is 0.842. The van der Waals surface area contributed by atoms with Crippen molar-refractivity contribution in [1.82, 2.24) is 4.31 Å². The largest absolute Gasteiger partial charge is 0.468 e. The Morgan fingerprint density at radius 1 is 1.32 bits per heavy atom. The number of hydrogen-bond acceptors (Lipinski definition) is 5. The normalized spacial score (nSPS) is 11.5. The molecule has 6 nitrogen and oxygen atoms in total. The Morgan fingerprint density at radius 2 is 1.89 bits per heavy atom. The third-order valence-corrected chi connectivity index (χ3v) is 4.38. The molecule has 7 heteroatoms. The second kappa shape index (κ2) is 6.53. The van der Waals surface area contributed by atoms with Gasteiger partial charge >= 0.3 is 5.97 Å². The Kier molecular flexibility index (Phi) is 5.31. The third-order valence-electron chi connectivity index (χ3n) is 2.52. The van der Waals surface area contributed by atoms with Gasteiger partial charge in [-0.15, -0.1) is 0 Å². The van der Waals surface area contributed by atoms with Crippen molar-refractivity contribution in [3.05, 3.63) is 24.3 Å². The van der Waals surface area contributed by atoms with Crippen LogP contribution in [-0.4, -0.2) is 38.9 Å². The SMILES string of the molecule is CCCN(CC(=O)OC)S(=O)(=O)c1ccc(N)cc1. The van der Waals surface area contributed by atoms with Crippen LogP contribution in [0.25, 0.3) is 0 Å². The van der Waals surface area contributed by atoms with Gasteiger partial charge in [0.25, 0.3) is 0 Å². The highest BCUT2D eigenvalue weighted by Gasteiger charge is 2.26. The molecule has 1 rings (SSSR count). The van der Waals surface area contributed by atoms with Crippen LogP contribution in [0.1, 0.15) is 13.3 Å². The fourth-order valence-corrected chi connectivity index (χ4v) is 3.01. The lowest BCUT2D eigenvalue weighted by Gasteiger charge is -2.20. The Bertz CT molecular complexity index is 525. The minimum Gasteiger partial charge on any atom is -0.468 e. The first kappa shape index (κ1) is 15.5. The van der Waals surface area contributed by atoms with E-state index in [2.05, 4.69) is 4.74 Å². The first-order valence-electron chi connectivity index (χ1n) is 5.84. The summed E-state index contributed by atoms with van der Waals surface area (Å²) in [5, 5.41) is 0. The first-order chi connectivity index (χ1) is 8.91. The average molecular weight is 286 g/mol. The molecule has 19 heavy (non-hydrogen) atoms. The highest BCUT2D eigenvalue weighted by Crippen LogP contribution is 2.17. The standard InChI is InChI=1S/C12H18N2O4S/c1-3-8-14(9-12(15)18-2)19(16,17)11-6-4-10(13)5-7-11/h4-7H,3,8-9,13H2,1-2H3. The zero-order valence-corrected chi connectivity index (χ0v) is 11.8. The van der Waals surface area contributed by atoms with Crippen molar-refractivity contribution < 1.29 is 17.9 Å². The second-order valence-corrected chi connectivity index (χ2v) is 5.92. The maximum atomic E-state index is 12.4. The summed E-state index contributed by atoms with van der Waals surface area (Å²) in [5.74, 6) is -0.590. The highest BCUT2D eigenvalue weighted by molar-refractivity contribution is 7.89. The summed E-state index contributed by atoms with van der Waals surface area (Å²) in [4.78, 5) is 11.4. The van der Waals surface area contributed by atoms with E-state index in [9.17, 15) is 13.2 Å². The molecule has 106 valence electrons. The van der Waals surface area contributed by atoms with Crippen molar-refractivity contribution in [2.24, 2.45) is 0 Å². The number of esters is 1. The van der Waals surface area contributed by atoms with E-state index in [1.54, 1.807) is 0 Å². The number of carbonyl (C=O) groups excluding carboxylic acids is 1. The lowest BCUT2D eigenvalue weighted by Crippen LogP contribution is -2.36. The van der Waals surface area contributed by atoms with Crippen LogP contribution < -0.4 is 5.73 Å². The molecule has 0 spiro atoms. The number of anilines is 1. The molecule has 0 aliphatic carbocycles. The molecular weight excluding hydrogens is 268 g/mol. The van der Waals surface area contributed by atoms with Crippen molar-refractivity contribution in [1.29, 1.82) is 0 Å². The fourth-order valence-electron chi connectivity index (χ4n) is 1.53. The van der Waals surface area contributed by atoms with Crippen molar-refractivity contribution in [3.63, 3.8) is 0 Å². The average Bonchev–Trinajstić information content (AvgIpc) is 2.38. The van der Waals surface area contributed by atoms with Crippen molar-refractivity contribution in [2.75, 3.05) is 25.9 Å². The summed E-state index contributed by atoms with van der Waals surface area (Å²) in [6.07, 6.45) is 0.602. The molecule has 0 amide bonds. The Balaban J connectivity index is 3.05. The van der Waals surface area contributed by atoms with Crippen LogP contribution >= 0.6 is 0 Å². The predicted molar refractivity (Wildman–Crippen MR) is 71.9 cm³/mol. The van der Waals surface area contributed by atoms with E-state index in [1.165, 1.54) is 31.4 Å². The molecule has 2 N–H and O–H groups in total. The number of hydrogen-bond donors (Lipinski definition) is 1. The Labute approximate surface area is 113 Å². The minimum atomic E-state index is -3.71. The summed E-state index contributed by atoms with van der Waals surface area (Å²) < 4.78 is 30.3. The molecule has 0 aromatic heterocycles. The Hall–Kier alpha value is -1.60. The van der Waals surface area contributed by atoms with E-state index in [4.69, 9.17) is 5.73 Å². The van der Waals surface area contributed by atoms with Gasteiger partial charge in [-0.1, -0.05) is 6.92 Å². The van der Waals surface area contributed by atoms with Gasteiger partial charge in [0.15, 0.2) is 0 Å². The topological polar surface area (TPSA) is 89.7 Å². The summed E-state index contributed by atoms with van der Waals surface area (Å²) in [7, 11) is -2.48. The minimum absolute atomic E-state index is 0.110. The maximum Gasteiger partial charge on any atom is 0.321 e. The number of ether oxygens (including phenoxy) is 1. The molecule has 0 saturated carbocycles. The van der Waals surface area contributed by atoms with Crippen LogP contribution in [0, 0.1) is 0 Å². The summed E-state index contributed by atoms with van der Waals surface area (Å²) in [6.45, 7) is 1.79. The number of methoxy groups -OCH3 is 1. The maximum absolute atomic E-state index is 12.4. The van der Waals surface area contributed by atoms with Gasteiger partial charge in [0.2, 0.25) is 10.0 Å². The molecule has 0 aliphatic heterocycles. The molecule has 0 aliphatic rings.